The van der Waals surface area contributed by atoms with Gasteiger partial charge in [-0.1, -0.05) is 48.5 Å². The topological polar surface area (TPSA) is 62.1 Å². The molecule has 5 rings (SSSR count). The third kappa shape index (κ3) is 2.51. The van der Waals surface area contributed by atoms with Crippen molar-refractivity contribution in [2.45, 2.75) is 12.8 Å². The summed E-state index contributed by atoms with van der Waals surface area (Å²) in [5, 5.41) is 0. The van der Waals surface area contributed by atoms with Crippen molar-refractivity contribution in [3.05, 3.63) is 72.8 Å². The average molecular weight is 344 g/mol. The quantitative estimate of drug-likeness (QED) is 0.556. The van der Waals surface area contributed by atoms with Crippen molar-refractivity contribution in [2.75, 3.05) is 6.61 Å². The zero-order valence-corrected chi connectivity index (χ0v) is 13.9. The van der Waals surface area contributed by atoms with Gasteiger partial charge < -0.3 is 9.47 Å². The summed E-state index contributed by atoms with van der Waals surface area (Å²) in [7, 11) is 0. The van der Waals surface area contributed by atoms with E-state index >= 15 is 0 Å². The molecule has 0 spiro atoms. The number of hydrogen-bond donors (Lipinski definition) is 0. The fraction of sp³-hybridized carbons (Fsp3) is 0.150. The first kappa shape index (κ1) is 15.0. The fourth-order valence-electron chi connectivity index (χ4n) is 3.19. The molecule has 2 aromatic carbocycles. The van der Waals surface area contributed by atoms with E-state index in [0.717, 1.165) is 33.7 Å². The number of para-hydroxylation sites is 1. The second kappa shape index (κ2) is 6.24. The van der Waals surface area contributed by atoms with Crippen molar-refractivity contribution in [3.8, 4) is 17.0 Å². The van der Waals surface area contributed by atoms with Crippen LogP contribution in [0, 0.1) is 0 Å². The second-order valence-corrected chi connectivity index (χ2v) is 6.10. The van der Waals surface area contributed by atoms with Crippen LogP contribution >= 0.6 is 0 Å². The van der Waals surface area contributed by atoms with Gasteiger partial charge in [0.15, 0.2) is 11.9 Å². The molecule has 4 aromatic rings. The molecule has 0 amide bonds. The second-order valence-electron chi connectivity index (χ2n) is 6.10. The standard InChI is InChI=1S/C20H16N4O2/c1-2-6-14(7-3-1)18-19-20(22-12-21-18)24(13-23-19)17-11-25-16-9-5-4-8-15(16)10-26-17/h1-9,12-13,17H,10-11H2. The molecule has 2 aromatic heterocycles. The summed E-state index contributed by atoms with van der Waals surface area (Å²) in [4.78, 5) is 13.4. The van der Waals surface area contributed by atoms with Gasteiger partial charge in [0, 0.05) is 11.1 Å². The first-order valence-electron chi connectivity index (χ1n) is 8.45. The van der Waals surface area contributed by atoms with Crippen molar-refractivity contribution in [3.63, 3.8) is 0 Å². The number of benzene rings is 2. The smallest absolute Gasteiger partial charge is 0.171 e. The lowest BCUT2D eigenvalue weighted by Gasteiger charge is -2.16. The molecule has 6 heteroatoms. The Bertz CT molecular complexity index is 1030. The summed E-state index contributed by atoms with van der Waals surface area (Å²) < 4.78 is 13.9. The monoisotopic (exact) mass is 344 g/mol. The minimum Gasteiger partial charge on any atom is -0.488 e. The van der Waals surface area contributed by atoms with Gasteiger partial charge in [0.05, 0.1) is 12.9 Å². The Morgan fingerprint density at radius 1 is 0.923 bits per heavy atom. The molecule has 0 aliphatic carbocycles. The van der Waals surface area contributed by atoms with E-state index in [1.165, 1.54) is 0 Å². The molecule has 0 saturated heterocycles. The van der Waals surface area contributed by atoms with Crippen LogP contribution in [-0.2, 0) is 11.3 Å². The summed E-state index contributed by atoms with van der Waals surface area (Å²) in [5.41, 5.74) is 4.35. The van der Waals surface area contributed by atoms with Crippen LogP contribution in [0.1, 0.15) is 11.8 Å². The number of imidazole rings is 1. The zero-order valence-electron chi connectivity index (χ0n) is 13.9. The predicted molar refractivity (Wildman–Crippen MR) is 96.5 cm³/mol. The van der Waals surface area contributed by atoms with Crippen LogP contribution in [-0.4, -0.2) is 26.1 Å². The van der Waals surface area contributed by atoms with Crippen molar-refractivity contribution in [1.82, 2.24) is 19.5 Å². The molecule has 26 heavy (non-hydrogen) atoms. The lowest BCUT2D eigenvalue weighted by Crippen LogP contribution is -2.18. The molecule has 128 valence electrons. The molecule has 3 heterocycles. The predicted octanol–water partition coefficient (Wildman–Crippen LogP) is 3.60. The molecule has 1 atom stereocenters. The number of aromatic nitrogens is 4. The molecule has 0 bridgehead atoms. The maximum atomic E-state index is 6.07. The third-order valence-electron chi connectivity index (χ3n) is 4.50. The van der Waals surface area contributed by atoms with Crippen LogP contribution < -0.4 is 4.74 Å². The maximum Gasteiger partial charge on any atom is 0.171 e. The Morgan fingerprint density at radius 2 is 1.77 bits per heavy atom. The van der Waals surface area contributed by atoms with Crippen LogP contribution in [0.5, 0.6) is 5.75 Å². The molecule has 0 fully saturated rings. The van der Waals surface area contributed by atoms with E-state index in [9.17, 15) is 0 Å². The lowest BCUT2D eigenvalue weighted by atomic mass is 10.1. The molecular weight excluding hydrogens is 328 g/mol. The lowest BCUT2D eigenvalue weighted by molar-refractivity contribution is -0.0236. The maximum absolute atomic E-state index is 6.07. The number of ether oxygens (including phenoxy) is 2. The van der Waals surface area contributed by atoms with E-state index < -0.39 is 0 Å². The summed E-state index contributed by atoms with van der Waals surface area (Å²) in [6.07, 6.45) is 3.01. The van der Waals surface area contributed by atoms with Gasteiger partial charge in [-0.05, 0) is 6.07 Å². The summed E-state index contributed by atoms with van der Waals surface area (Å²) in [6, 6.07) is 17.9. The molecule has 6 nitrogen and oxygen atoms in total. The molecule has 1 aliphatic heterocycles. The van der Waals surface area contributed by atoms with Crippen LogP contribution in [0.25, 0.3) is 22.4 Å². The largest absolute Gasteiger partial charge is 0.488 e. The molecule has 0 N–H and O–H groups in total. The Kier molecular flexibility index (Phi) is 3.61. The van der Waals surface area contributed by atoms with Crippen LogP contribution in [0.4, 0.5) is 0 Å². The highest BCUT2D eigenvalue weighted by molar-refractivity contribution is 5.87. The van der Waals surface area contributed by atoms with Crippen molar-refractivity contribution in [2.24, 2.45) is 0 Å². The van der Waals surface area contributed by atoms with Crippen LogP contribution in [0.2, 0.25) is 0 Å². The normalized spacial score (nSPS) is 16.7. The Labute approximate surface area is 150 Å². The fourth-order valence-corrected chi connectivity index (χ4v) is 3.19. The minimum absolute atomic E-state index is 0.300. The van der Waals surface area contributed by atoms with Crippen molar-refractivity contribution >= 4 is 11.2 Å². The molecule has 1 aliphatic rings. The molecular formula is C20H16N4O2. The first-order valence-corrected chi connectivity index (χ1v) is 8.45. The zero-order chi connectivity index (χ0) is 17.3. The molecule has 1 unspecified atom stereocenters. The first-order chi connectivity index (χ1) is 12.9. The highest BCUT2D eigenvalue weighted by atomic mass is 16.6. The summed E-state index contributed by atoms with van der Waals surface area (Å²) >= 11 is 0. The SMILES string of the molecule is c1ccc(-c2ncnc3c2ncn3C2COc3ccccc3CO2)cc1. The van der Waals surface area contributed by atoms with Gasteiger partial charge >= 0.3 is 0 Å². The van der Waals surface area contributed by atoms with E-state index in [0.29, 0.717) is 13.2 Å². The Balaban J connectivity index is 1.53. The van der Waals surface area contributed by atoms with Gasteiger partial charge in [-0.25, -0.2) is 15.0 Å². The van der Waals surface area contributed by atoms with Gasteiger partial charge in [-0.2, -0.15) is 0 Å². The van der Waals surface area contributed by atoms with Gasteiger partial charge in [-0.15, -0.1) is 0 Å². The van der Waals surface area contributed by atoms with E-state index in [2.05, 4.69) is 15.0 Å². The number of hydrogen-bond acceptors (Lipinski definition) is 5. The molecule has 0 saturated carbocycles. The van der Waals surface area contributed by atoms with E-state index in [-0.39, 0.29) is 6.23 Å². The summed E-state index contributed by atoms with van der Waals surface area (Å²) in [6.45, 7) is 0.879. The summed E-state index contributed by atoms with van der Waals surface area (Å²) in [5.74, 6) is 0.860. The third-order valence-corrected chi connectivity index (χ3v) is 4.50. The molecule has 0 radical (unpaired) electrons. The minimum atomic E-state index is -0.300. The van der Waals surface area contributed by atoms with Crippen LogP contribution in [0.3, 0.4) is 0 Å². The van der Waals surface area contributed by atoms with Crippen molar-refractivity contribution in [1.29, 1.82) is 0 Å². The Morgan fingerprint density at radius 3 is 2.69 bits per heavy atom. The van der Waals surface area contributed by atoms with E-state index in [1.54, 1.807) is 12.7 Å². The number of rotatable bonds is 2. The van der Waals surface area contributed by atoms with Gasteiger partial charge in [0.25, 0.3) is 0 Å². The highest BCUT2D eigenvalue weighted by Gasteiger charge is 2.22. The average Bonchev–Trinajstić information content (AvgIpc) is 3.02. The van der Waals surface area contributed by atoms with Gasteiger partial charge in [0.1, 0.15) is 29.9 Å². The van der Waals surface area contributed by atoms with E-state index in [1.807, 2.05) is 59.2 Å². The van der Waals surface area contributed by atoms with Crippen LogP contribution in [0.15, 0.2) is 67.3 Å². The Hall–Kier alpha value is -3.25. The van der Waals surface area contributed by atoms with E-state index in [4.69, 9.17) is 9.47 Å². The number of nitrogens with zero attached hydrogens (tertiary/aromatic N) is 4. The van der Waals surface area contributed by atoms with Gasteiger partial charge in [0.2, 0.25) is 0 Å². The number of fused-ring (bicyclic) bond motifs is 2. The highest BCUT2D eigenvalue weighted by Crippen LogP contribution is 2.29. The van der Waals surface area contributed by atoms with Gasteiger partial charge in [-0.3, -0.25) is 4.57 Å². The van der Waals surface area contributed by atoms with Crippen molar-refractivity contribution < 1.29 is 9.47 Å².